The van der Waals surface area contributed by atoms with Crippen LogP contribution in [0.15, 0.2) is 18.5 Å². The van der Waals surface area contributed by atoms with E-state index in [1.165, 1.54) is 19.3 Å². The fourth-order valence-corrected chi connectivity index (χ4v) is 2.39. The van der Waals surface area contributed by atoms with Gasteiger partial charge in [-0.05, 0) is 25.5 Å². The van der Waals surface area contributed by atoms with Crippen molar-refractivity contribution in [2.24, 2.45) is 0 Å². The first kappa shape index (κ1) is 10.8. The first-order valence-electron chi connectivity index (χ1n) is 5.46. The summed E-state index contributed by atoms with van der Waals surface area (Å²) in [7, 11) is 0. The highest BCUT2D eigenvalue weighted by molar-refractivity contribution is 6.18. The van der Waals surface area contributed by atoms with E-state index in [2.05, 4.69) is 14.9 Å². The summed E-state index contributed by atoms with van der Waals surface area (Å²) in [6.07, 6.45) is 7.35. The largest absolute Gasteiger partial charge is 0.292 e. The van der Waals surface area contributed by atoms with Crippen molar-refractivity contribution in [2.75, 3.05) is 12.4 Å². The van der Waals surface area contributed by atoms with Crippen LogP contribution in [0, 0.1) is 0 Å². The Kier molecular flexibility index (Phi) is 3.92. The predicted molar refractivity (Wildman–Crippen MR) is 60.8 cm³/mol. The fraction of sp³-hybridized carbons (Fsp3) is 0.636. The third-order valence-electron chi connectivity index (χ3n) is 2.89. The molecular formula is C11H16ClN3. The lowest BCUT2D eigenvalue weighted by molar-refractivity contribution is 0.151. The number of alkyl halides is 1. The van der Waals surface area contributed by atoms with E-state index in [1.807, 2.05) is 6.07 Å². The molecule has 82 valence electrons. The van der Waals surface area contributed by atoms with Gasteiger partial charge in [0.15, 0.2) is 0 Å². The number of halogens is 1. The molecule has 1 fully saturated rings. The molecule has 3 nitrogen and oxygen atoms in total. The van der Waals surface area contributed by atoms with Crippen LogP contribution in [-0.4, -0.2) is 33.3 Å². The second-order valence-electron chi connectivity index (χ2n) is 3.94. The summed E-state index contributed by atoms with van der Waals surface area (Å²) in [4.78, 5) is 10.9. The number of rotatable bonds is 3. The standard InChI is InChI=1S/C11H16ClN3/c12-8-10-4-1-2-7-15(10)9-11-13-5-3-6-14-11/h3,5-6,10H,1-2,4,7-9H2. The zero-order valence-electron chi connectivity index (χ0n) is 8.77. The minimum atomic E-state index is 0.504. The topological polar surface area (TPSA) is 29.0 Å². The van der Waals surface area contributed by atoms with Crippen molar-refractivity contribution >= 4 is 11.6 Å². The van der Waals surface area contributed by atoms with E-state index in [-0.39, 0.29) is 0 Å². The molecule has 1 unspecified atom stereocenters. The minimum Gasteiger partial charge on any atom is -0.292 e. The van der Waals surface area contributed by atoms with Gasteiger partial charge < -0.3 is 0 Å². The summed E-state index contributed by atoms with van der Waals surface area (Å²) in [6, 6.07) is 2.35. The molecule has 1 aromatic rings. The highest BCUT2D eigenvalue weighted by Crippen LogP contribution is 2.19. The molecule has 1 atom stereocenters. The molecule has 0 amide bonds. The molecule has 0 bridgehead atoms. The average molecular weight is 226 g/mol. The van der Waals surface area contributed by atoms with E-state index in [0.29, 0.717) is 11.9 Å². The van der Waals surface area contributed by atoms with Gasteiger partial charge in [-0.1, -0.05) is 6.42 Å². The minimum absolute atomic E-state index is 0.504. The van der Waals surface area contributed by atoms with Crippen molar-refractivity contribution < 1.29 is 0 Å². The molecule has 0 aromatic carbocycles. The quantitative estimate of drug-likeness (QED) is 0.738. The number of aromatic nitrogens is 2. The lowest BCUT2D eigenvalue weighted by Gasteiger charge is -2.33. The lowest BCUT2D eigenvalue weighted by atomic mass is 10.0. The lowest BCUT2D eigenvalue weighted by Crippen LogP contribution is -2.40. The van der Waals surface area contributed by atoms with E-state index >= 15 is 0 Å². The Morgan fingerprint density at radius 2 is 2.13 bits per heavy atom. The third-order valence-corrected chi connectivity index (χ3v) is 3.25. The first-order valence-corrected chi connectivity index (χ1v) is 5.99. The zero-order valence-corrected chi connectivity index (χ0v) is 9.53. The maximum atomic E-state index is 5.96. The van der Waals surface area contributed by atoms with Gasteiger partial charge in [0.1, 0.15) is 5.82 Å². The summed E-state index contributed by atoms with van der Waals surface area (Å²) in [5.74, 6) is 1.61. The van der Waals surface area contributed by atoms with Crippen molar-refractivity contribution in [2.45, 2.75) is 31.8 Å². The Bertz CT molecular complexity index is 291. The van der Waals surface area contributed by atoms with Gasteiger partial charge in [0.2, 0.25) is 0 Å². The number of piperidine rings is 1. The van der Waals surface area contributed by atoms with Gasteiger partial charge in [-0.3, -0.25) is 4.90 Å². The summed E-state index contributed by atoms with van der Waals surface area (Å²) in [5, 5.41) is 0. The molecule has 2 heterocycles. The molecular weight excluding hydrogens is 210 g/mol. The van der Waals surface area contributed by atoms with E-state index < -0.39 is 0 Å². The van der Waals surface area contributed by atoms with Crippen LogP contribution < -0.4 is 0 Å². The SMILES string of the molecule is ClCC1CCCCN1Cc1ncccn1. The van der Waals surface area contributed by atoms with Crippen LogP contribution in [0.5, 0.6) is 0 Å². The Labute approximate surface area is 95.5 Å². The van der Waals surface area contributed by atoms with Gasteiger partial charge in [-0.2, -0.15) is 0 Å². The average Bonchev–Trinajstić information content (AvgIpc) is 2.31. The van der Waals surface area contributed by atoms with Crippen molar-refractivity contribution in [3.8, 4) is 0 Å². The maximum absolute atomic E-state index is 5.96. The van der Waals surface area contributed by atoms with Crippen molar-refractivity contribution in [3.05, 3.63) is 24.3 Å². The molecule has 1 saturated heterocycles. The zero-order chi connectivity index (χ0) is 10.5. The van der Waals surface area contributed by atoms with Gasteiger partial charge in [-0.25, -0.2) is 9.97 Å². The van der Waals surface area contributed by atoms with Crippen LogP contribution in [0.2, 0.25) is 0 Å². The molecule has 0 spiro atoms. The Morgan fingerprint density at radius 1 is 1.33 bits per heavy atom. The van der Waals surface area contributed by atoms with Crippen molar-refractivity contribution in [3.63, 3.8) is 0 Å². The van der Waals surface area contributed by atoms with E-state index in [4.69, 9.17) is 11.6 Å². The van der Waals surface area contributed by atoms with Gasteiger partial charge in [0.05, 0.1) is 6.54 Å². The van der Waals surface area contributed by atoms with Crippen LogP contribution in [0.3, 0.4) is 0 Å². The Balaban J connectivity index is 1.97. The monoisotopic (exact) mass is 225 g/mol. The van der Waals surface area contributed by atoms with Crippen molar-refractivity contribution in [1.29, 1.82) is 0 Å². The van der Waals surface area contributed by atoms with Gasteiger partial charge in [0.25, 0.3) is 0 Å². The van der Waals surface area contributed by atoms with Gasteiger partial charge >= 0.3 is 0 Å². The molecule has 4 heteroatoms. The third kappa shape index (κ3) is 2.89. The smallest absolute Gasteiger partial charge is 0.142 e. The Morgan fingerprint density at radius 3 is 2.87 bits per heavy atom. The molecule has 15 heavy (non-hydrogen) atoms. The summed E-state index contributed by atoms with van der Waals surface area (Å²) in [6.45, 7) is 1.95. The van der Waals surface area contributed by atoms with Crippen LogP contribution in [0.1, 0.15) is 25.1 Å². The fourth-order valence-electron chi connectivity index (χ4n) is 2.04. The van der Waals surface area contributed by atoms with Crippen LogP contribution in [-0.2, 0) is 6.54 Å². The van der Waals surface area contributed by atoms with E-state index in [9.17, 15) is 0 Å². The molecule has 1 aliphatic heterocycles. The van der Waals surface area contributed by atoms with Crippen LogP contribution in [0.4, 0.5) is 0 Å². The number of hydrogen-bond donors (Lipinski definition) is 0. The second kappa shape index (κ2) is 5.42. The van der Waals surface area contributed by atoms with Gasteiger partial charge in [-0.15, -0.1) is 11.6 Å². The van der Waals surface area contributed by atoms with Crippen LogP contribution in [0.25, 0.3) is 0 Å². The molecule has 2 rings (SSSR count). The normalized spacial score (nSPS) is 22.9. The number of likely N-dealkylation sites (tertiary alicyclic amines) is 1. The maximum Gasteiger partial charge on any atom is 0.142 e. The van der Waals surface area contributed by atoms with E-state index in [0.717, 1.165) is 18.9 Å². The molecule has 0 N–H and O–H groups in total. The summed E-state index contributed by atoms with van der Waals surface area (Å²) < 4.78 is 0. The summed E-state index contributed by atoms with van der Waals surface area (Å²) in [5.41, 5.74) is 0. The highest BCUT2D eigenvalue weighted by Gasteiger charge is 2.21. The molecule has 0 saturated carbocycles. The first-order chi connectivity index (χ1) is 7.40. The summed E-state index contributed by atoms with van der Waals surface area (Å²) >= 11 is 5.96. The molecule has 0 aliphatic carbocycles. The molecule has 1 aromatic heterocycles. The highest BCUT2D eigenvalue weighted by atomic mass is 35.5. The second-order valence-corrected chi connectivity index (χ2v) is 4.25. The predicted octanol–water partition coefficient (Wildman–Crippen LogP) is 2.07. The van der Waals surface area contributed by atoms with Crippen molar-refractivity contribution in [1.82, 2.24) is 14.9 Å². The number of hydrogen-bond acceptors (Lipinski definition) is 3. The van der Waals surface area contributed by atoms with Crippen LogP contribution >= 0.6 is 11.6 Å². The number of nitrogens with zero attached hydrogens (tertiary/aromatic N) is 3. The Hall–Kier alpha value is -0.670. The van der Waals surface area contributed by atoms with Gasteiger partial charge in [0, 0.05) is 24.3 Å². The molecule has 1 aliphatic rings. The van der Waals surface area contributed by atoms with E-state index in [1.54, 1.807) is 12.4 Å². The molecule has 0 radical (unpaired) electrons.